The Morgan fingerprint density at radius 1 is 1.11 bits per heavy atom. The molecule has 1 N–H and O–H groups in total. The molecular formula is C13H14ClN3O2. The van der Waals surface area contributed by atoms with Crippen molar-refractivity contribution in [2.24, 2.45) is 0 Å². The van der Waals surface area contributed by atoms with Crippen molar-refractivity contribution in [3.8, 4) is 11.5 Å². The van der Waals surface area contributed by atoms with Crippen LogP contribution < -0.4 is 14.8 Å². The van der Waals surface area contributed by atoms with Crippen LogP contribution in [0.15, 0.2) is 24.3 Å². The first-order valence-corrected chi connectivity index (χ1v) is 6.00. The average molecular weight is 280 g/mol. The summed E-state index contributed by atoms with van der Waals surface area (Å²) < 4.78 is 10.5. The predicted octanol–water partition coefficient (Wildman–Crippen LogP) is 3.20. The number of hydrogen-bond donors (Lipinski definition) is 1. The molecule has 0 unspecified atom stereocenters. The minimum absolute atomic E-state index is 0.386. The van der Waals surface area contributed by atoms with Crippen LogP contribution in [0.25, 0.3) is 0 Å². The molecule has 0 bridgehead atoms. The lowest BCUT2D eigenvalue weighted by Crippen LogP contribution is -1.99. The second-order valence-electron chi connectivity index (χ2n) is 3.81. The highest BCUT2D eigenvalue weighted by molar-refractivity contribution is 6.29. The second-order valence-corrected chi connectivity index (χ2v) is 4.20. The zero-order valence-electron chi connectivity index (χ0n) is 10.9. The van der Waals surface area contributed by atoms with Crippen molar-refractivity contribution in [1.82, 2.24) is 9.97 Å². The maximum absolute atomic E-state index is 5.90. The fourth-order valence-electron chi connectivity index (χ4n) is 1.65. The van der Waals surface area contributed by atoms with Crippen LogP contribution in [0, 0.1) is 6.92 Å². The normalized spacial score (nSPS) is 10.1. The molecular weight excluding hydrogens is 266 g/mol. The number of benzene rings is 1. The lowest BCUT2D eigenvalue weighted by atomic mass is 10.2. The molecule has 0 amide bonds. The van der Waals surface area contributed by atoms with Gasteiger partial charge in [-0.15, -0.1) is 0 Å². The maximum atomic E-state index is 5.90. The molecule has 0 aliphatic heterocycles. The number of hydrogen-bond acceptors (Lipinski definition) is 5. The number of ether oxygens (including phenoxy) is 2. The largest absolute Gasteiger partial charge is 0.497 e. The summed E-state index contributed by atoms with van der Waals surface area (Å²) in [5, 5.41) is 3.53. The SMILES string of the molecule is COc1ccc(OC)c(Nc2cc(Cl)nc(C)n2)c1. The maximum Gasteiger partial charge on any atom is 0.142 e. The van der Waals surface area contributed by atoms with Gasteiger partial charge in [-0.1, -0.05) is 11.6 Å². The van der Waals surface area contributed by atoms with Gasteiger partial charge in [0, 0.05) is 12.1 Å². The summed E-state index contributed by atoms with van der Waals surface area (Å²) in [7, 11) is 3.21. The van der Waals surface area contributed by atoms with Crippen LogP contribution in [0.3, 0.4) is 0 Å². The number of rotatable bonds is 4. The molecule has 100 valence electrons. The van der Waals surface area contributed by atoms with Crippen LogP contribution in [-0.2, 0) is 0 Å². The third-order valence-electron chi connectivity index (χ3n) is 2.48. The topological polar surface area (TPSA) is 56.3 Å². The minimum atomic E-state index is 0.386. The van der Waals surface area contributed by atoms with Crippen LogP contribution in [0.1, 0.15) is 5.82 Å². The van der Waals surface area contributed by atoms with E-state index in [1.807, 2.05) is 18.2 Å². The van der Waals surface area contributed by atoms with E-state index in [4.69, 9.17) is 21.1 Å². The Morgan fingerprint density at radius 3 is 2.53 bits per heavy atom. The van der Waals surface area contributed by atoms with Crippen LogP contribution in [0.2, 0.25) is 5.15 Å². The molecule has 2 aromatic rings. The van der Waals surface area contributed by atoms with Gasteiger partial charge in [0.2, 0.25) is 0 Å². The van der Waals surface area contributed by atoms with Crippen molar-refractivity contribution < 1.29 is 9.47 Å². The number of methoxy groups -OCH3 is 2. The molecule has 0 spiro atoms. The van der Waals surface area contributed by atoms with E-state index in [-0.39, 0.29) is 0 Å². The summed E-state index contributed by atoms with van der Waals surface area (Å²) >= 11 is 5.90. The molecule has 19 heavy (non-hydrogen) atoms. The third-order valence-corrected chi connectivity index (χ3v) is 2.67. The fourth-order valence-corrected chi connectivity index (χ4v) is 1.87. The van der Waals surface area contributed by atoms with Crippen LogP contribution >= 0.6 is 11.6 Å². The molecule has 2 rings (SSSR count). The van der Waals surface area contributed by atoms with Crippen LogP contribution in [-0.4, -0.2) is 24.2 Å². The lowest BCUT2D eigenvalue weighted by Gasteiger charge is -2.12. The molecule has 1 heterocycles. The molecule has 6 heteroatoms. The number of aryl methyl sites for hydroxylation is 1. The smallest absolute Gasteiger partial charge is 0.142 e. The molecule has 0 aliphatic rings. The molecule has 0 saturated carbocycles. The van der Waals surface area contributed by atoms with E-state index in [1.165, 1.54) is 0 Å². The number of aromatic nitrogens is 2. The first-order valence-electron chi connectivity index (χ1n) is 5.62. The van der Waals surface area contributed by atoms with Gasteiger partial charge < -0.3 is 14.8 Å². The van der Waals surface area contributed by atoms with Gasteiger partial charge in [-0.3, -0.25) is 0 Å². The summed E-state index contributed by atoms with van der Waals surface area (Å²) in [5.74, 6) is 2.61. The van der Waals surface area contributed by atoms with Gasteiger partial charge in [0.05, 0.1) is 19.9 Å². The second kappa shape index (κ2) is 5.75. The Morgan fingerprint density at radius 2 is 1.89 bits per heavy atom. The van der Waals surface area contributed by atoms with Gasteiger partial charge in [0.25, 0.3) is 0 Å². The number of halogens is 1. The highest BCUT2D eigenvalue weighted by atomic mass is 35.5. The Labute approximate surface area is 116 Å². The minimum Gasteiger partial charge on any atom is -0.497 e. The van der Waals surface area contributed by atoms with E-state index in [1.54, 1.807) is 27.2 Å². The van der Waals surface area contributed by atoms with Crippen molar-refractivity contribution in [3.63, 3.8) is 0 Å². The highest BCUT2D eigenvalue weighted by Crippen LogP contribution is 2.31. The highest BCUT2D eigenvalue weighted by Gasteiger charge is 2.07. The first kappa shape index (κ1) is 13.4. The summed E-state index contributed by atoms with van der Waals surface area (Å²) in [6.45, 7) is 1.78. The third kappa shape index (κ3) is 3.26. The Bertz CT molecular complexity index is 570. The van der Waals surface area contributed by atoms with Crippen molar-refractivity contribution >= 4 is 23.1 Å². The van der Waals surface area contributed by atoms with Gasteiger partial charge in [-0.25, -0.2) is 9.97 Å². The van der Waals surface area contributed by atoms with E-state index in [0.717, 1.165) is 11.4 Å². The molecule has 0 aliphatic carbocycles. The van der Waals surface area contributed by atoms with E-state index < -0.39 is 0 Å². The Kier molecular flexibility index (Phi) is 4.06. The van der Waals surface area contributed by atoms with Gasteiger partial charge in [0.1, 0.15) is 28.3 Å². The zero-order valence-corrected chi connectivity index (χ0v) is 11.7. The Balaban J connectivity index is 2.35. The predicted molar refractivity (Wildman–Crippen MR) is 74.6 cm³/mol. The number of nitrogens with one attached hydrogen (secondary N) is 1. The monoisotopic (exact) mass is 279 g/mol. The molecule has 0 atom stereocenters. The van der Waals surface area contributed by atoms with Crippen LogP contribution in [0.5, 0.6) is 11.5 Å². The molecule has 5 nitrogen and oxygen atoms in total. The van der Waals surface area contributed by atoms with Crippen LogP contribution in [0.4, 0.5) is 11.5 Å². The Hall–Kier alpha value is -2.01. The fraction of sp³-hybridized carbons (Fsp3) is 0.231. The summed E-state index contributed by atoms with van der Waals surface area (Å²) in [5.41, 5.74) is 0.746. The van der Waals surface area contributed by atoms with Crippen molar-refractivity contribution in [1.29, 1.82) is 0 Å². The summed E-state index contributed by atoms with van der Waals surface area (Å²) in [4.78, 5) is 8.27. The van der Waals surface area contributed by atoms with Crippen molar-refractivity contribution in [3.05, 3.63) is 35.2 Å². The zero-order chi connectivity index (χ0) is 13.8. The standard InChI is InChI=1S/C13H14ClN3O2/c1-8-15-12(14)7-13(16-8)17-10-6-9(18-2)4-5-11(10)19-3/h4-7H,1-3H3,(H,15,16,17). The van der Waals surface area contributed by atoms with Gasteiger partial charge in [0.15, 0.2) is 0 Å². The number of anilines is 2. The summed E-state index contributed by atoms with van der Waals surface area (Å²) in [6.07, 6.45) is 0. The van der Waals surface area contributed by atoms with E-state index in [0.29, 0.717) is 22.5 Å². The van der Waals surface area contributed by atoms with Gasteiger partial charge in [-0.05, 0) is 19.1 Å². The molecule has 0 radical (unpaired) electrons. The van der Waals surface area contributed by atoms with E-state index in [2.05, 4.69) is 15.3 Å². The molecule has 1 aromatic carbocycles. The number of nitrogens with zero attached hydrogens (tertiary/aromatic N) is 2. The lowest BCUT2D eigenvalue weighted by molar-refractivity contribution is 0.405. The van der Waals surface area contributed by atoms with Gasteiger partial charge in [-0.2, -0.15) is 0 Å². The van der Waals surface area contributed by atoms with E-state index in [9.17, 15) is 0 Å². The summed E-state index contributed by atoms with van der Waals surface area (Å²) in [6, 6.07) is 7.11. The van der Waals surface area contributed by atoms with Crippen molar-refractivity contribution in [2.45, 2.75) is 6.92 Å². The average Bonchev–Trinajstić information content (AvgIpc) is 2.37. The quantitative estimate of drug-likeness (QED) is 0.871. The molecule has 0 saturated heterocycles. The molecule has 1 aromatic heterocycles. The van der Waals surface area contributed by atoms with Gasteiger partial charge >= 0.3 is 0 Å². The van der Waals surface area contributed by atoms with E-state index >= 15 is 0 Å². The first-order chi connectivity index (χ1) is 9.12. The molecule has 0 fully saturated rings. The van der Waals surface area contributed by atoms with Crippen molar-refractivity contribution in [2.75, 3.05) is 19.5 Å².